The van der Waals surface area contributed by atoms with Crippen molar-refractivity contribution in [1.29, 1.82) is 0 Å². The standard InChI is InChI=1S/C17H23N5O3/c1-21-7-9-22(10-8-21)17-19-14(11-15(23)20-17)16(24)18-12-3-5-13(25-2)6-4-12/h3-6,14H,7-11H2,1-2H3,(H,18,24)(H,19,20,23)/t14-/m1/s1. The van der Waals surface area contributed by atoms with E-state index in [1.807, 2.05) is 4.90 Å². The first-order valence-electron chi connectivity index (χ1n) is 8.31. The molecule has 0 aliphatic carbocycles. The predicted molar refractivity (Wildman–Crippen MR) is 94.7 cm³/mol. The van der Waals surface area contributed by atoms with Crippen LogP contribution < -0.4 is 15.4 Å². The van der Waals surface area contributed by atoms with Gasteiger partial charge in [0.2, 0.25) is 17.8 Å². The number of ether oxygens (including phenoxy) is 1. The maximum absolute atomic E-state index is 12.5. The molecule has 2 N–H and O–H groups in total. The van der Waals surface area contributed by atoms with E-state index >= 15 is 0 Å². The number of likely N-dealkylation sites (N-methyl/N-ethyl adjacent to an activating group) is 1. The van der Waals surface area contributed by atoms with Crippen molar-refractivity contribution in [2.24, 2.45) is 4.99 Å². The van der Waals surface area contributed by atoms with E-state index < -0.39 is 6.04 Å². The SMILES string of the molecule is COc1ccc(NC(=O)[C@H]2CC(=O)NC(N3CCN(C)CC3)=N2)cc1. The van der Waals surface area contributed by atoms with E-state index in [9.17, 15) is 9.59 Å². The molecule has 25 heavy (non-hydrogen) atoms. The van der Waals surface area contributed by atoms with Crippen molar-refractivity contribution < 1.29 is 14.3 Å². The van der Waals surface area contributed by atoms with Crippen LogP contribution in [0.25, 0.3) is 0 Å². The van der Waals surface area contributed by atoms with Crippen molar-refractivity contribution in [1.82, 2.24) is 15.1 Å². The van der Waals surface area contributed by atoms with Gasteiger partial charge in [-0.25, -0.2) is 4.99 Å². The fourth-order valence-corrected chi connectivity index (χ4v) is 2.81. The molecule has 1 aromatic rings. The molecule has 1 atom stereocenters. The fraction of sp³-hybridized carbons (Fsp3) is 0.471. The van der Waals surface area contributed by atoms with Crippen LogP contribution in [0.2, 0.25) is 0 Å². The van der Waals surface area contributed by atoms with E-state index in [2.05, 4.69) is 27.6 Å². The summed E-state index contributed by atoms with van der Waals surface area (Å²) < 4.78 is 5.10. The number of aliphatic imine (C=N–C) groups is 1. The van der Waals surface area contributed by atoms with Crippen LogP contribution in [0.15, 0.2) is 29.3 Å². The highest BCUT2D eigenvalue weighted by Crippen LogP contribution is 2.17. The minimum atomic E-state index is -0.717. The Labute approximate surface area is 146 Å². The summed E-state index contributed by atoms with van der Waals surface area (Å²) in [6, 6.07) is 6.32. The summed E-state index contributed by atoms with van der Waals surface area (Å²) >= 11 is 0. The Bertz CT molecular complexity index is 665. The summed E-state index contributed by atoms with van der Waals surface area (Å²) in [6.07, 6.45) is 0.0548. The Morgan fingerprint density at radius 1 is 1.24 bits per heavy atom. The van der Waals surface area contributed by atoms with E-state index in [1.165, 1.54) is 0 Å². The van der Waals surface area contributed by atoms with Crippen molar-refractivity contribution in [3.05, 3.63) is 24.3 Å². The third-order valence-corrected chi connectivity index (χ3v) is 4.37. The lowest BCUT2D eigenvalue weighted by Crippen LogP contribution is -2.55. The highest BCUT2D eigenvalue weighted by molar-refractivity contribution is 6.05. The topological polar surface area (TPSA) is 86.3 Å². The molecule has 8 heteroatoms. The molecule has 8 nitrogen and oxygen atoms in total. The van der Waals surface area contributed by atoms with Gasteiger partial charge in [-0.15, -0.1) is 0 Å². The smallest absolute Gasteiger partial charge is 0.249 e. The Morgan fingerprint density at radius 3 is 2.56 bits per heavy atom. The Hall–Kier alpha value is -2.61. The zero-order valence-corrected chi connectivity index (χ0v) is 14.5. The largest absolute Gasteiger partial charge is 0.497 e. The first kappa shape index (κ1) is 17.2. The lowest BCUT2D eigenvalue weighted by atomic mass is 10.1. The second-order valence-electron chi connectivity index (χ2n) is 6.23. The molecule has 0 bridgehead atoms. The average molecular weight is 345 g/mol. The number of benzene rings is 1. The molecule has 1 saturated heterocycles. The van der Waals surface area contributed by atoms with Crippen LogP contribution in [0.1, 0.15) is 6.42 Å². The summed E-state index contributed by atoms with van der Waals surface area (Å²) in [4.78, 5) is 33.2. The Balaban J connectivity index is 1.67. The van der Waals surface area contributed by atoms with Crippen LogP contribution in [0.3, 0.4) is 0 Å². The maximum atomic E-state index is 12.5. The normalized spacial score (nSPS) is 21.4. The van der Waals surface area contributed by atoms with Crippen LogP contribution in [-0.2, 0) is 9.59 Å². The number of guanidine groups is 1. The molecule has 2 heterocycles. The van der Waals surface area contributed by atoms with Crippen molar-refractivity contribution in [3.63, 3.8) is 0 Å². The summed E-state index contributed by atoms with van der Waals surface area (Å²) in [7, 11) is 3.65. The van der Waals surface area contributed by atoms with E-state index in [1.54, 1.807) is 31.4 Å². The van der Waals surface area contributed by atoms with Gasteiger partial charge in [0.25, 0.3) is 0 Å². The van der Waals surface area contributed by atoms with E-state index in [-0.39, 0.29) is 18.2 Å². The molecule has 0 spiro atoms. The number of hydrogen-bond acceptors (Lipinski definition) is 6. The quantitative estimate of drug-likeness (QED) is 0.813. The molecule has 2 aliphatic rings. The van der Waals surface area contributed by atoms with E-state index in [0.717, 1.165) is 26.2 Å². The number of carbonyl (C=O) groups excluding carboxylic acids is 2. The van der Waals surface area contributed by atoms with Crippen molar-refractivity contribution >= 4 is 23.5 Å². The fourth-order valence-electron chi connectivity index (χ4n) is 2.81. The molecule has 3 rings (SSSR count). The van der Waals surface area contributed by atoms with E-state index in [0.29, 0.717) is 17.4 Å². The average Bonchev–Trinajstić information content (AvgIpc) is 2.62. The van der Waals surface area contributed by atoms with Gasteiger partial charge in [0.05, 0.1) is 13.5 Å². The molecule has 1 fully saturated rings. The lowest BCUT2D eigenvalue weighted by Gasteiger charge is -2.36. The van der Waals surface area contributed by atoms with Gasteiger partial charge >= 0.3 is 0 Å². The highest BCUT2D eigenvalue weighted by Gasteiger charge is 2.30. The third kappa shape index (κ3) is 4.27. The molecular formula is C17H23N5O3. The zero-order valence-electron chi connectivity index (χ0n) is 14.5. The first-order valence-corrected chi connectivity index (χ1v) is 8.31. The van der Waals surface area contributed by atoms with Crippen LogP contribution in [0, 0.1) is 0 Å². The summed E-state index contributed by atoms with van der Waals surface area (Å²) in [6.45, 7) is 3.36. The molecule has 2 aliphatic heterocycles. The number of rotatable bonds is 3. The number of nitrogens with zero attached hydrogens (tertiary/aromatic N) is 3. The van der Waals surface area contributed by atoms with Crippen LogP contribution in [0.4, 0.5) is 5.69 Å². The molecule has 0 saturated carbocycles. The number of methoxy groups -OCH3 is 1. The van der Waals surface area contributed by atoms with Crippen molar-refractivity contribution in [3.8, 4) is 5.75 Å². The molecule has 2 amide bonds. The Morgan fingerprint density at radius 2 is 1.92 bits per heavy atom. The van der Waals surface area contributed by atoms with Crippen LogP contribution in [0.5, 0.6) is 5.75 Å². The predicted octanol–water partition coefficient (Wildman–Crippen LogP) is 0.126. The molecule has 0 radical (unpaired) electrons. The number of piperazine rings is 1. The molecular weight excluding hydrogens is 322 g/mol. The summed E-state index contributed by atoms with van der Waals surface area (Å²) in [5, 5.41) is 5.59. The minimum absolute atomic E-state index is 0.0548. The first-order chi connectivity index (χ1) is 12.0. The van der Waals surface area contributed by atoms with E-state index in [4.69, 9.17) is 4.74 Å². The Kier molecular flexibility index (Phi) is 5.18. The second-order valence-corrected chi connectivity index (χ2v) is 6.23. The van der Waals surface area contributed by atoms with Crippen LogP contribution in [-0.4, -0.2) is 74.0 Å². The van der Waals surface area contributed by atoms with Gasteiger partial charge in [-0.2, -0.15) is 0 Å². The number of nitrogens with one attached hydrogen (secondary N) is 2. The number of anilines is 1. The zero-order chi connectivity index (χ0) is 17.8. The number of carbonyl (C=O) groups is 2. The number of amides is 2. The summed E-state index contributed by atoms with van der Waals surface area (Å²) in [5.74, 6) is 0.745. The maximum Gasteiger partial charge on any atom is 0.249 e. The van der Waals surface area contributed by atoms with Gasteiger partial charge in [-0.1, -0.05) is 0 Å². The van der Waals surface area contributed by atoms with Gasteiger partial charge in [0.1, 0.15) is 11.8 Å². The summed E-state index contributed by atoms with van der Waals surface area (Å²) in [5.41, 5.74) is 0.646. The van der Waals surface area contributed by atoms with Crippen molar-refractivity contribution in [2.75, 3.05) is 45.7 Å². The molecule has 1 aromatic carbocycles. The van der Waals surface area contributed by atoms with Crippen LogP contribution >= 0.6 is 0 Å². The lowest BCUT2D eigenvalue weighted by molar-refractivity contribution is -0.125. The number of hydrogen-bond donors (Lipinski definition) is 2. The third-order valence-electron chi connectivity index (χ3n) is 4.37. The second kappa shape index (κ2) is 7.52. The molecule has 0 aromatic heterocycles. The van der Waals surface area contributed by atoms with Gasteiger partial charge in [-0.3, -0.25) is 14.9 Å². The minimum Gasteiger partial charge on any atom is -0.497 e. The molecule has 0 unspecified atom stereocenters. The van der Waals surface area contributed by atoms with Gasteiger partial charge in [0.15, 0.2) is 0 Å². The highest BCUT2D eigenvalue weighted by atomic mass is 16.5. The van der Waals surface area contributed by atoms with Gasteiger partial charge in [-0.05, 0) is 31.3 Å². The van der Waals surface area contributed by atoms with Gasteiger partial charge < -0.3 is 19.9 Å². The molecule has 134 valence electrons. The monoisotopic (exact) mass is 345 g/mol. The van der Waals surface area contributed by atoms with Gasteiger partial charge in [0, 0.05) is 31.9 Å². The van der Waals surface area contributed by atoms with Crippen molar-refractivity contribution in [2.45, 2.75) is 12.5 Å².